The molecule has 1 fully saturated rings. The van der Waals surface area contributed by atoms with Gasteiger partial charge in [-0.2, -0.15) is 0 Å². The molecule has 0 unspecified atom stereocenters. The lowest BCUT2D eigenvalue weighted by molar-refractivity contribution is 0.102. The number of benzene rings is 1. The highest BCUT2D eigenvalue weighted by atomic mass is 16.5. The van der Waals surface area contributed by atoms with Gasteiger partial charge in [-0.05, 0) is 18.9 Å². The predicted octanol–water partition coefficient (Wildman–Crippen LogP) is 2.62. The molecule has 1 saturated carbocycles. The van der Waals surface area contributed by atoms with E-state index in [-0.39, 0.29) is 5.91 Å². The van der Waals surface area contributed by atoms with Crippen molar-refractivity contribution in [1.29, 1.82) is 0 Å². The summed E-state index contributed by atoms with van der Waals surface area (Å²) in [6.07, 6.45) is 3.70. The van der Waals surface area contributed by atoms with Gasteiger partial charge < -0.3 is 14.8 Å². The third-order valence-electron chi connectivity index (χ3n) is 3.53. The Bertz CT molecular complexity index is 677. The van der Waals surface area contributed by atoms with Crippen LogP contribution in [0.2, 0.25) is 0 Å². The average Bonchev–Trinajstić information content (AvgIpc) is 3.39. The number of hydrogen-bond acceptors (Lipinski definition) is 5. The van der Waals surface area contributed by atoms with Crippen molar-refractivity contribution in [3.05, 3.63) is 42.0 Å². The minimum Gasteiger partial charge on any atom is -0.497 e. The topological polar surface area (TPSA) is 73.3 Å². The normalized spacial score (nSPS) is 13.5. The number of methoxy groups -OCH3 is 2. The van der Waals surface area contributed by atoms with Gasteiger partial charge in [0.2, 0.25) is 0 Å². The van der Waals surface area contributed by atoms with Crippen LogP contribution < -0.4 is 14.8 Å². The zero-order valence-corrected chi connectivity index (χ0v) is 12.5. The van der Waals surface area contributed by atoms with Crippen LogP contribution in [-0.4, -0.2) is 30.1 Å². The Morgan fingerprint density at radius 3 is 2.36 bits per heavy atom. The zero-order valence-electron chi connectivity index (χ0n) is 12.5. The SMILES string of the molecule is COc1cc(NC(=O)c2cc(C3CC3)ncn2)cc(OC)c1. The fourth-order valence-corrected chi connectivity index (χ4v) is 2.17. The van der Waals surface area contributed by atoms with Gasteiger partial charge in [0.25, 0.3) is 5.91 Å². The van der Waals surface area contributed by atoms with Gasteiger partial charge in [0.05, 0.1) is 14.2 Å². The van der Waals surface area contributed by atoms with Crippen molar-refractivity contribution in [3.8, 4) is 11.5 Å². The molecule has 1 N–H and O–H groups in total. The summed E-state index contributed by atoms with van der Waals surface area (Å²) in [7, 11) is 3.12. The summed E-state index contributed by atoms with van der Waals surface area (Å²) in [6.45, 7) is 0. The molecule has 1 aromatic heterocycles. The fraction of sp³-hybridized carbons (Fsp3) is 0.312. The second-order valence-corrected chi connectivity index (χ2v) is 5.16. The molecule has 0 saturated heterocycles. The van der Waals surface area contributed by atoms with E-state index in [1.54, 1.807) is 38.5 Å². The highest BCUT2D eigenvalue weighted by molar-refractivity contribution is 6.03. The molecule has 0 atom stereocenters. The van der Waals surface area contributed by atoms with Crippen LogP contribution in [-0.2, 0) is 0 Å². The standard InChI is InChI=1S/C16H17N3O3/c1-21-12-5-11(6-13(7-12)22-2)19-16(20)15-8-14(10-3-4-10)17-9-18-15/h5-10H,3-4H2,1-2H3,(H,19,20). The Morgan fingerprint density at radius 2 is 1.77 bits per heavy atom. The van der Waals surface area contributed by atoms with E-state index in [0.29, 0.717) is 28.8 Å². The number of nitrogens with zero attached hydrogens (tertiary/aromatic N) is 2. The van der Waals surface area contributed by atoms with Crippen LogP contribution in [0.5, 0.6) is 11.5 Å². The predicted molar refractivity (Wildman–Crippen MR) is 81.5 cm³/mol. The maximum absolute atomic E-state index is 12.3. The summed E-state index contributed by atoms with van der Waals surface area (Å²) in [4.78, 5) is 20.6. The number of rotatable bonds is 5. The van der Waals surface area contributed by atoms with Crippen LogP contribution in [0.4, 0.5) is 5.69 Å². The number of carbonyl (C=O) groups excluding carboxylic acids is 1. The Morgan fingerprint density at radius 1 is 1.09 bits per heavy atom. The number of aromatic nitrogens is 2. The third-order valence-corrected chi connectivity index (χ3v) is 3.53. The number of amides is 1. The second kappa shape index (κ2) is 6.01. The molecule has 114 valence electrons. The Hall–Kier alpha value is -2.63. The Kier molecular flexibility index (Phi) is 3.91. The lowest BCUT2D eigenvalue weighted by Gasteiger charge is -2.10. The summed E-state index contributed by atoms with van der Waals surface area (Å²) in [5.74, 6) is 1.41. The van der Waals surface area contributed by atoms with Crippen LogP contribution >= 0.6 is 0 Å². The number of anilines is 1. The molecular weight excluding hydrogens is 282 g/mol. The first-order valence-corrected chi connectivity index (χ1v) is 7.06. The molecule has 0 radical (unpaired) electrons. The van der Waals surface area contributed by atoms with Gasteiger partial charge >= 0.3 is 0 Å². The van der Waals surface area contributed by atoms with Crippen molar-refractivity contribution < 1.29 is 14.3 Å². The van der Waals surface area contributed by atoms with E-state index < -0.39 is 0 Å². The van der Waals surface area contributed by atoms with Crippen molar-refractivity contribution >= 4 is 11.6 Å². The summed E-state index contributed by atoms with van der Waals surface area (Å²) in [6, 6.07) is 6.95. The summed E-state index contributed by atoms with van der Waals surface area (Å²) < 4.78 is 10.4. The van der Waals surface area contributed by atoms with Crippen LogP contribution in [0.25, 0.3) is 0 Å². The van der Waals surface area contributed by atoms with Gasteiger partial charge in [-0.25, -0.2) is 9.97 Å². The molecule has 6 nitrogen and oxygen atoms in total. The fourth-order valence-electron chi connectivity index (χ4n) is 2.17. The van der Waals surface area contributed by atoms with Gasteiger partial charge in [-0.15, -0.1) is 0 Å². The van der Waals surface area contributed by atoms with Crippen molar-refractivity contribution in [2.24, 2.45) is 0 Å². The summed E-state index contributed by atoms with van der Waals surface area (Å²) in [5, 5.41) is 2.80. The van der Waals surface area contributed by atoms with Gasteiger partial charge in [0, 0.05) is 35.5 Å². The number of hydrogen-bond donors (Lipinski definition) is 1. The quantitative estimate of drug-likeness (QED) is 0.918. The van der Waals surface area contributed by atoms with E-state index in [1.807, 2.05) is 0 Å². The molecule has 3 rings (SSSR count). The van der Waals surface area contributed by atoms with E-state index in [1.165, 1.54) is 6.33 Å². The van der Waals surface area contributed by atoms with Crippen molar-refractivity contribution in [2.45, 2.75) is 18.8 Å². The number of ether oxygens (including phenoxy) is 2. The molecule has 1 aliphatic carbocycles. The first-order valence-electron chi connectivity index (χ1n) is 7.06. The minimum absolute atomic E-state index is 0.278. The first kappa shape index (κ1) is 14.3. The van der Waals surface area contributed by atoms with E-state index in [2.05, 4.69) is 15.3 Å². The Labute approximate surface area is 128 Å². The third kappa shape index (κ3) is 3.16. The van der Waals surface area contributed by atoms with Crippen LogP contribution in [0.1, 0.15) is 34.9 Å². The van der Waals surface area contributed by atoms with Crippen molar-refractivity contribution in [2.75, 3.05) is 19.5 Å². The molecule has 2 aromatic rings. The van der Waals surface area contributed by atoms with E-state index in [9.17, 15) is 4.79 Å². The maximum atomic E-state index is 12.3. The average molecular weight is 299 g/mol. The number of nitrogens with one attached hydrogen (secondary N) is 1. The number of carbonyl (C=O) groups is 1. The highest BCUT2D eigenvalue weighted by Crippen LogP contribution is 2.38. The summed E-state index contributed by atoms with van der Waals surface area (Å²) >= 11 is 0. The van der Waals surface area contributed by atoms with E-state index >= 15 is 0 Å². The van der Waals surface area contributed by atoms with Crippen LogP contribution in [0.15, 0.2) is 30.6 Å². The molecule has 22 heavy (non-hydrogen) atoms. The van der Waals surface area contributed by atoms with Gasteiger partial charge in [0.1, 0.15) is 23.5 Å². The Balaban J connectivity index is 1.80. The summed E-state index contributed by atoms with van der Waals surface area (Å²) in [5.41, 5.74) is 1.88. The molecule has 0 spiro atoms. The largest absolute Gasteiger partial charge is 0.497 e. The molecule has 1 heterocycles. The van der Waals surface area contributed by atoms with Crippen molar-refractivity contribution in [1.82, 2.24) is 9.97 Å². The maximum Gasteiger partial charge on any atom is 0.274 e. The first-order chi connectivity index (χ1) is 10.7. The van der Waals surface area contributed by atoms with Crippen molar-refractivity contribution in [3.63, 3.8) is 0 Å². The molecule has 6 heteroatoms. The molecule has 1 aromatic carbocycles. The van der Waals surface area contributed by atoms with E-state index in [0.717, 1.165) is 18.5 Å². The second-order valence-electron chi connectivity index (χ2n) is 5.16. The molecule has 1 amide bonds. The van der Waals surface area contributed by atoms with E-state index in [4.69, 9.17) is 9.47 Å². The minimum atomic E-state index is -0.278. The molecule has 0 aliphatic heterocycles. The zero-order chi connectivity index (χ0) is 15.5. The molecule has 0 bridgehead atoms. The van der Waals surface area contributed by atoms with Crippen LogP contribution in [0, 0.1) is 0 Å². The lowest BCUT2D eigenvalue weighted by atomic mass is 10.2. The molecule has 1 aliphatic rings. The monoisotopic (exact) mass is 299 g/mol. The van der Waals surface area contributed by atoms with Gasteiger partial charge in [0.15, 0.2) is 0 Å². The van der Waals surface area contributed by atoms with Gasteiger partial charge in [-0.1, -0.05) is 0 Å². The van der Waals surface area contributed by atoms with Gasteiger partial charge in [-0.3, -0.25) is 4.79 Å². The lowest BCUT2D eigenvalue weighted by Crippen LogP contribution is -2.14. The highest BCUT2D eigenvalue weighted by Gasteiger charge is 2.26. The molecular formula is C16H17N3O3. The smallest absolute Gasteiger partial charge is 0.274 e. The van der Waals surface area contributed by atoms with Crippen LogP contribution in [0.3, 0.4) is 0 Å².